The van der Waals surface area contributed by atoms with E-state index in [4.69, 9.17) is 0 Å². The Labute approximate surface area is 134 Å². The number of amides is 1. The third kappa shape index (κ3) is 2.42. The number of fused-ring (bicyclic) bond motifs is 1. The number of carbonyl (C=O) groups is 1. The molecule has 2 heterocycles. The molecule has 0 aliphatic carbocycles. The van der Waals surface area contributed by atoms with Gasteiger partial charge in [0.25, 0.3) is 0 Å². The highest BCUT2D eigenvalue weighted by Gasteiger charge is 2.30. The van der Waals surface area contributed by atoms with Crippen LogP contribution in [-0.2, 0) is 4.79 Å². The van der Waals surface area contributed by atoms with Gasteiger partial charge in [-0.05, 0) is 24.6 Å². The lowest BCUT2D eigenvalue weighted by Crippen LogP contribution is -2.24. The summed E-state index contributed by atoms with van der Waals surface area (Å²) in [6, 6.07) is 18.2. The molecule has 0 unspecified atom stereocenters. The minimum Gasteiger partial charge on any atom is -0.310 e. The number of aryl methyl sites for hydroxylation is 1. The van der Waals surface area contributed by atoms with E-state index in [1.165, 1.54) is 5.56 Å². The van der Waals surface area contributed by atoms with Gasteiger partial charge >= 0.3 is 0 Å². The van der Waals surface area contributed by atoms with Crippen molar-refractivity contribution in [2.24, 2.45) is 0 Å². The molecule has 1 aromatic heterocycles. The Morgan fingerprint density at radius 2 is 1.96 bits per heavy atom. The van der Waals surface area contributed by atoms with Gasteiger partial charge in [-0.2, -0.15) is 5.10 Å². The van der Waals surface area contributed by atoms with Gasteiger partial charge in [-0.25, -0.2) is 4.68 Å². The molecule has 3 aromatic rings. The van der Waals surface area contributed by atoms with Crippen molar-refractivity contribution < 1.29 is 4.79 Å². The smallest absolute Gasteiger partial charge is 0.226 e. The average Bonchev–Trinajstić information content (AvgIpc) is 2.98. The summed E-state index contributed by atoms with van der Waals surface area (Å²) in [5.41, 5.74) is 4.37. The molecule has 1 aliphatic heterocycles. The van der Waals surface area contributed by atoms with Crippen LogP contribution in [0.1, 0.15) is 29.0 Å². The molecule has 0 fully saturated rings. The first kappa shape index (κ1) is 13.8. The molecular weight excluding hydrogens is 286 g/mol. The van der Waals surface area contributed by atoms with E-state index in [0.29, 0.717) is 6.42 Å². The maximum atomic E-state index is 12.2. The molecule has 1 N–H and O–H groups in total. The predicted molar refractivity (Wildman–Crippen MR) is 89.8 cm³/mol. The van der Waals surface area contributed by atoms with Crippen molar-refractivity contribution in [2.45, 2.75) is 19.3 Å². The highest BCUT2D eigenvalue weighted by Crippen LogP contribution is 2.38. The minimum absolute atomic E-state index is 0.0293. The Morgan fingerprint density at radius 3 is 2.74 bits per heavy atom. The summed E-state index contributed by atoms with van der Waals surface area (Å²) < 4.78 is 1.80. The summed E-state index contributed by atoms with van der Waals surface area (Å²) >= 11 is 0. The zero-order chi connectivity index (χ0) is 15.8. The Hall–Kier alpha value is -2.88. The van der Waals surface area contributed by atoms with Gasteiger partial charge in [-0.1, -0.05) is 48.0 Å². The first-order valence-electron chi connectivity index (χ1n) is 7.72. The van der Waals surface area contributed by atoms with Crippen LogP contribution in [0.5, 0.6) is 0 Å². The molecule has 4 heteroatoms. The second kappa shape index (κ2) is 5.39. The van der Waals surface area contributed by atoms with E-state index in [-0.39, 0.29) is 11.8 Å². The molecule has 23 heavy (non-hydrogen) atoms. The summed E-state index contributed by atoms with van der Waals surface area (Å²) in [6.07, 6.45) is 2.33. The van der Waals surface area contributed by atoms with Crippen LogP contribution in [0.2, 0.25) is 0 Å². The third-order valence-corrected chi connectivity index (χ3v) is 4.27. The number of rotatable bonds is 2. The van der Waals surface area contributed by atoms with E-state index in [1.807, 2.05) is 42.6 Å². The van der Waals surface area contributed by atoms with Gasteiger partial charge in [-0.3, -0.25) is 4.79 Å². The summed E-state index contributed by atoms with van der Waals surface area (Å²) in [6.45, 7) is 2.07. The quantitative estimate of drug-likeness (QED) is 0.785. The predicted octanol–water partition coefficient (Wildman–Crippen LogP) is 3.65. The number of nitrogens with one attached hydrogen (secondary N) is 1. The number of nitrogens with zero attached hydrogens (tertiary/aromatic N) is 2. The molecule has 0 radical (unpaired) electrons. The van der Waals surface area contributed by atoms with Crippen LogP contribution < -0.4 is 5.32 Å². The van der Waals surface area contributed by atoms with E-state index < -0.39 is 0 Å². The molecule has 1 atom stereocenters. The highest BCUT2D eigenvalue weighted by atomic mass is 16.1. The number of hydrogen-bond acceptors (Lipinski definition) is 2. The van der Waals surface area contributed by atoms with Crippen LogP contribution >= 0.6 is 0 Å². The van der Waals surface area contributed by atoms with Crippen LogP contribution in [0, 0.1) is 6.92 Å². The second-order valence-corrected chi connectivity index (χ2v) is 5.91. The van der Waals surface area contributed by atoms with Crippen molar-refractivity contribution in [1.29, 1.82) is 0 Å². The maximum absolute atomic E-state index is 12.2. The molecule has 1 aliphatic rings. The van der Waals surface area contributed by atoms with Crippen LogP contribution in [0.4, 0.5) is 5.82 Å². The van der Waals surface area contributed by atoms with E-state index in [1.54, 1.807) is 4.68 Å². The number of aromatic nitrogens is 2. The highest BCUT2D eigenvalue weighted by molar-refractivity contribution is 5.94. The number of carbonyl (C=O) groups excluding carboxylic acids is 1. The van der Waals surface area contributed by atoms with Crippen molar-refractivity contribution in [3.8, 4) is 5.69 Å². The van der Waals surface area contributed by atoms with Crippen LogP contribution in [0.15, 0.2) is 60.8 Å². The average molecular weight is 303 g/mol. The lowest BCUT2D eigenvalue weighted by molar-refractivity contribution is -0.116. The summed E-state index contributed by atoms with van der Waals surface area (Å²) in [5.74, 6) is 0.858. The summed E-state index contributed by atoms with van der Waals surface area (Å²) in [7, 11) is 0. The van der Waals surface area contributed by atoms with Crippen molar-refractivity contribution in [3.05, 3.63) is 77.5 Å². The topological polar surface area (TPSA) is 46.9 Å². The van der Waals surface area contributed by atoms with Crippen molar-refractivity contribution in [2.75, 3.05) is 5.32 Å². The molecule has 0 bridgehead atoms. The lowest BCUT2D eigenvalue weighted by Gasteiger charge is -2.24. The van der Waals surface area contributed by atoms with E-state index in [0.717, 1.165) is 22.6 Å². The van der Waals surface area contributed by atoms with Gasteiger partial charge in [0.1, 0.15) is 5.82 Å². The molecule has 0 saturated carbocycles. The zero-order valence-corrected chi connectivity index (χ0v) is 12.9. The van der Waals surface area contributed by atoms with Crippen LogP contribution in [0.3, 0.4) is 0 Å². The zero-order valence-electron chi connectivity index (χ0n) is 12.9. The molecule has 114 valence electrons. The van der Waals surface area contributed by atoms with Gasteiger partial charge < -0.3 is 5.32 Å². The number of para-hydroxylation sites is 1. The van der Waals surface area contributed by atoms with Gasteiger partial charge in [0.15, 0.2) is 0 Å². The van der Waals surface area contributed by atoms with Gasteiger partial charge in [0, 0.05) is 17.9 Å². The normalized spacial score (nSPS) is 16.7. The fourth-order valence-corrected chi connectivity index (χ4v) is 3.17. The Bertz CT molecular complexity index is 867. The maximum Gasteiger partial charge on any atom is 0.226 e. The largest absolute Gasteiger partial charge is 0.310 e. The molecule has 2 aromatic carbocycles. The molecular formula is C19H17N3O. The number of hydrogen-bond donors (Lipinski definition) is 1. The fraction of sp³-hybridized carbons (Fsp3) is 0.158. The van der Waals surface area contributed by atoms with Gasteiger partial charge in [-0.15, -0.1) is 0 Å². The SMILES string of the molecule is Cc1cccc([C@H]2CC(=O)Nc3c2cnn3-c2ccccc2)c1. The molecule has 0 spiro atoms. The summed E-state index contributed by atoms with van der Waals surface area (Å²) in [5, 5.41) is 7.49. The van der Waals surface area contributed by atoms with Gasteiger partial charge in [0.2, 0.25) is 5.91 Å². The third-order valence-electron chi connectivity index (χ3n) is 4.27. The Morgan fingerprint density at radius 1 is 1.13 bits per heavy atom. The summed E-state index contributed by atoms with van der Waals surface area (Å²) in [4.78, 5) is 12.2. The second-order valence-electron chi connectivity index (χ2n) is 5.91. The minimum atomic E-state index is 0.0293. The first-order valence-corrected chi connectivity index (χ1v) is 7.72. The van der Waals surface area contributed by atoms with Crippen LogP contribution in [-0.4, -0.2) is 15.7 Å². The molecule has 0 saturated heterocycles. The van der Waals surface area contributed by atoms with E-state index >= 15 is 0 Å². The van der Waals surface area contributed by atoms with Crippen molar-refractivity contribution >= 4 is 11.7 Å². The number of anilines is 1. The first-order chi connectivity index (χ1) is 11.2. The standard InChI is InChI=1S/C19H17N3O/c1-13-6-5-7-14(10-13)16-11-18(23)21-19-17(16)12-20-22(19)15-8-3-2-4-9-15/h2-10,12,16H,11H2,1H3,(H,21,23)/t16-/m1/s1. The molecule has 4 nitrogen and oxygen atoms in total. The Kier molecular flexibility index (Phi) is 3.23. The van der Waals surface area contributed by atoms with E-state index in [2.05, 4.69) is 35.5 Å². The monoisotopic (exact) mass is 303 g/mol. The fourth-order valence-electron chi connectivity index (χ4n) is 3.17. The lowest BCUT2D eigenvalue weighted by atomic mass is 9.87. The van der Waals surface area contributed by atoms with Gasteiger partial charge in [0.05, 0.1) is 11.9 Å². The van der Waals surface area contributed by atoms with Crippen LogP contribution in [0.25, 0.3) is 5.69 Å². The number of benzene rings is 2. The van der Waals surface area contributed by atoms with Crippen molar-refractivity contribution in [3.63, 3.8) is 0 Å². The van der Waals surface area contributed by atoms with E-state index in [9.17, 15) is 4.79 Å². The molecule has 1 amide bonds. The molecule has 4 rings (SSSR count). The van der Waals surface area contributed by atoms with Crippen molar-refractivity contribution in [1.82, 2.24) is 9.78 Å². The Balaban J connectivity index is 1.83.